The van der Waals surface area contributed by atoms with Gasteiger partial charge in [0.25, 0.3) is 0 Å². The molecule has 0 aliphatic carbocycles. The third-order valence-electron chi connectivity index (χ3n) is 2.41. The minimum atomic E-state index is -3.58. The van der Waals surface area contributed by atoms with Gasteiger partial charge in [-0.05, 0) is 30.2 Å². The molecule has 14 heavy (non-hydrogen) atoms. The van der Waals surface area contributed by atoms with Gasteiger partial charge in [-0.1, -0.05) is 12.1 Å². The fourth-order valence-electron chi connectivity index (χ4n) is 1.75. The lowest BCUT2D eigenvalue weighted by Crippen LogP contribution is -2.26. The lowest BCUT2D eigenvalue weighted by Gasteiger charge is -2.19. The first-order chi connectivity index (χ1) is 6.59. The summed E-state index contributed by atoms with van der Waals surface area (Å²) in [6, 6.07) is 5.25. The highest BCUT2D eigenvalue weighted by Gasteiger charge is 2.18. The molecule has 0 saturated carbocycles. The molecule has 0 fully saturated rings. The van der Waals surface area contributed by atoms with Crippen LogP contribution in [0.4, 0.5) is 0 Å². The Hall–Kier alpha value is -0.910. The van der Waals surface area contributed by atoms with E-state index < -0.39 is 10.0 Å². The van der Waals surface area contributed by atoms with Gasteiger partial charge >= 0.3 is 0 Å². The molecule has 5 heteroatoms. The van der Waals surface area contributed by atoms with Crippen molar-refractivity contribution in [3.63, 3.8) is 0 Å². The van der Waals surface area contributed by atoms with Crippen molar-refractivity contribution in [2.45, 2.75) is 17.9 Å². The van der Waals surface area contributed by atoms with Crippen LogP contribution >= 0.6 is 0 Å². The number of nitrogens with two attached hydrogens (primary N) is 1. The Bertz CT molecular complexity index is 454. The summed E-state index contributed by atoms with van der Waals surface area (Å²) in [5.41, 5.74) is 1.90. The number of hydrogen-bond acceptors (Lipinski definition) is 3. The van der Waals surface area contributed by atoms with Gasteiger partial charge in [0.1, 0.15) is 0 Å². The molecule has 0 aromatic heterocycles. The van der Waals surface area contributed by atoms with Crippen LogP contribution in [0, 0.1) is 0 Å². The summed E-state index contributed by atoms with van der Waals surface area (Å²) in [6.45, 7) is 1.48. The topological polar surface area (TPSA) is 72.2 Å². The van der Waals surface area contributed by atoms with Crippen molar-refractivity contribution in [3.05, 3.63) is 29.3 Å². The second-order valence-corrected chi connectivity index (χ2v) is 4.90. The molecule has 0 atom stereocenters. The number of benzene rings is 1. The number of primary sulfonamides is 1. The quantitative estimate of drug-likeness (QED) is 0.687. The average molecular weight is 212 g/mol. The van der Waals surface area contributed by atoms with Gasteiger partial charge in [-0.25, -0.2) is 13.6 Å². The molecule has 0 spiro atoms. The van der Waals surface area contributed by atoms with Crippen LogP contribution in [-0.4, -0.2) is 15.0 Å². The fraction of sp³-hybridized carbons (Fsp3) is 0.333. The Morgan fingerprint density at radius 1 is 1.36 bits per heavy atom. The van der Waals surface area contributed by atoms with Crippen molar-refractivity contribution >= 4 is 10.0 Å². The SMILES string of the molecule is NS(=O)(=O)c1cccc2c1CNCC2. The molecular formula is C9H12N2O2S. The molecular weight excluding hydrogens is 200 g/mol. The number of fused-ring (bicyclic) bond motifs is 1. The van der Waals surface area contributed by atoms with Crippen molar-refractivity contribution in [1.82, 2.24) is 5.32 Å². The molecule has 1 aromatic carbocycles. The van der Waals surface area contributed by atoms with E-state index in [1.54, 1.807) is 12.1 Å². The van der Waals surface area contributed by atoms with E-state index in [4.69, 9.17) is 5.14 Å². The van der Waals surface area contributed by atoms with Crippen LogP contribution in [0.1, 0.15) is 11.1 Å². The summed E-state index contributed by atoms with van der Waals surface area (Å²) in [5.74, 6) is 0. The van der Waals surface area contributed by atoms with Crippen molar-refractivity contribution in [1.29, 1.82) is 0 Å². The molecule has 0 unspecified atom stereocenters. The van der Waals surface area contributed by atoms with Gasteiger partial charge in [0, 0.05) is 6.54 Å². The highest BCUT2D eigenvalue weighted by atomic mass is 32.2. The molecule has 1 aromatic rings. The largest absolute Gasteiger partial charge is 0.312 e. The van der Waals surface area contributed by atoms with Crippen molar-refractivity contribution in [3.8, 4) is 0 Å². The van der Waals surface area contributed by atoms with Gasteiger partial charge in [0.15, 0.2) is 0 Å². The molecule has 0 radical (unpaired) electrons. The monoisotopic (exact) mass is 212 g/mol. The van der Waals surface area contributed by atoms with Crippen LogP contribution in [0.25, 0.3) is 0 Å². The van der Waals surface area contributed by atoms with Crippen molar-refractivity contribution < 1.29 is 8.42 Å². The number of hydrogen-bond donors (Lipinski definition) is 2. The predicted molar refractivity (Wildman–Crippen MR) is 53.2 cm³/mol. The van der Waals surface area contributed by atoms with Gasteiger partial charge in [-0.2, -0.15) is 0 Å². The van der Waals surface area contributed by atoms with E-state index in [-0.39, 0.29) is 4.90 Å². The van der Waals surface area contributed by atoms with E-state index in [1.165, 1.54) is 0 Å². The first kappa shape index (κ1) is 9.64. The molecule has 1 aliphatic rings. The van der Waals surface area contributed by atoms with Crippen LogP contribution in [0.2, 0.25) is 0 Å². The Kier molecular flexibility index (Phi) is 2.30. The zero-order chi connectivity index (χ0) is 10.2. The van der Waals surface area contributed by atoms with E-state index in [2.05, 4.69) is 5.32 Å². The highest BCUT2D eigenvalue weighted by Crippen LogP contribution is 2.21. The Balaban J connectivity index is 2.62. The summed E-state index contributed by atoms with van der Waals surface area (Å²) < 4.78 is 22.5. The van der Waals surface area contributed by atoms with E-state index in [1.807, 2.05) is 6.07 Å². The number of sulfonamides is 1. The first-order valence-electron chi connectivity index (χ1n) is 4.43. The normalized spacial score (nSPS) is 16.4. The van der Waals surface area contributed by atoms with Crippen molar-refractivity contribution in [2.75, 3.05) is 6.54 Å². The summed E-state index contributed by atoms with van der Waals surface area (Å²) >= 11 is 0. The van der Waals surface area contributed by atoms with Crippen LogP contribution in [0.5, 0.6) is 0 Å². The maximum absolute atomic E-state index is 11.3. The predicted octanol–water partition coefficient (Wildman–Crippen LogP) is -0.0203. The van der Waals surface area contributed by atoms with Crippen LogP contribution in [0.3, 0.4) is 0 Å². The van der Waals surface area contributed by atoms with E-state index in [9.17, 15) is 8.42 Å². The minimum Gasteiger partial charge on any atom is -0.312 e. The standard InChI is InChI=1S/C9H12N2O2S/c10-14(12,13)9-3-1-2-7-4-5-11-6-8(7)9/h1-3,11H,4-6H2,(H2,10,12,13). The maximum Gasteiger partial charge on any atom is 0.238 e. The number of rotatable bonds is 1. The average Bonchev–Trinajstić information content (AvgIpc) is 2.15. The molecule has 0 amide bonds. The van der Waals surface area contributed by atoms with Gasteiger partial charge < -0.3 is 5.32 Å². The smallest absolute Gasteiger partial charge is 0.238 e. The molecule has 0 saturated heterocycles. The Labute approximate surface area is 83.2 Å². The van der Waals surface area contributed by atoms with Gasteiger partial charge in [0.2, 0.25) is 10.0 Å². The summed E-state index contributed by atoms with van der Waals surface area (Å²) in [5, 5.41) is 8.26. The van der Waals surface area contributed by atoms with Crippen LogP contribution in [-0.2, 0) is 23.0 Å². The third-order valence-corrected chi connectivity index (χ3v) is 3.41. The second-order valence-electron chi connectivity index (χ2n) is 3.37. The zero-order valence-corrected chi connectivity index (χ0v) is 8.47. The molecule has 2 rings (SSSR count). The third kappa shape index (κ3) is 1.66. The zero-order valence-electron chi connectivity index (χ0n) is 7.66. The maximum atomic E-state index is 11.3. The number of nitrogens with one attached hydrogen (secondary N) is 1. The molecule has 1 aliphatic heterocycles. The van der Waals surface area contributed by atoms with E-state index in [0.717, 1.165) is 24.1 Å². The molecule has 3 N–H and O–H groups in total. The first-order valence-corrected chi connectivity index (χ1v) is 5.98. The van der Waals surface area contributed by atoms with Crippen LogP contribution < -0.4 is 10.5 Å². The lowest BCUT2D eigenvalue weighted by molar-refractivity contribution is 0.589. The van der Waals surface area contributed by atoms with E-state index >= 15 is 0 Å². The summed E-state index contributed by atoms with van der Waals surface area (Å²) in [7, 11) is -3.58. The van der Waals surface area contributed by atoms with Gasteiger partial charge in [-0.3, -0.25) is 0 Å². The Morgan fingerprint density at radius 2 is 2.14 bits per heavy atom. The van der Waals surface area contributed by atoms with Crippen molar-refractivity contribution in [2.24, 2.45) is 5.14 Å². The highest BCUT2D eigenvalue weighted by molar-refractivity contribution is 7.89. The lowest BCUT2D eigenvalue weighted by atomic mass is 10.0. The fourth-order valence-corrected chi connectivity index (χ4v) is 2.56. The van der Waals surface area contributed by atoms with Crippen LogP contribution in [0.15, 0.2) is 23.1 Å². The molecule has 4 nitrogen and oxygen atoms in total. The second kappa shape index (κ2) is 3.34. The van der Waals surface area contributed by atoms with E-state index in [0.29, 0.717) is 6.54 Å². The summed E-state index contributed by atoms with van der Waals surface area (Å²) in [4.78, 5) is 0.252. The molecule has 1 heterocycles. The summed E-state index contributed by atoms with van der Waals surface area (Å²) in [6.07, 6.45) is 0.860. The molecule has 76 valence electrons. The molecule has 0 bridgehead atoms. The van der Waals surface area contributed by atoms with Gasteiger partial charge in [0.05, 0.1) is 4.90 Å². The van der Waals surface area contributed by atoms with Gasteiger partial charge in [-0.15, -0.1) is 0 Å². The minimum absolute atomic E-state index is 0.252. The Morgan fingerprint density at radius 3 is 2.86 bits per heavy atom.